The Bertz CT molecular complexity index is 521. The number of nitrogens with zero attached hydrogens (tertiary/aromatic N) is 1. The van der Waals surface area contributed by atoms with Gasteiger partial charge in [0.25, 0.3) is 0 Å². The van der Waals surface area contributed by atoms with Gasteiger partial charge in [0.1, 0.15) is 6.29 Å². The second-order valence-electron chi connectivity index (χ2n) is 10.8. The molecule has 0 aliphatic carbocycles. The van der Waals surface area contributed by atoms with Gasteiger partial charge in [0.05, 0.1) is 0 Å². The molecule has 0 radical (unpaired) electrons. The number of hydrogen-bond donors (Lipinski definition) is 0. The second-order valence-corrected chi connectivity index (χ2v) is 10.8. The number of aldehydes is 1. The van der Waals surface area contributed by atoms with Crippen LogP contribution in [0.2, 0.25) is 0 Å². The predicted molar refractivity (Wildman–Crippen MR) is 163 cm³/mol. The van der Waals surface area contributed by atoms with Gasteiger partial charge in [0.2, 0.25) is 0 Å². The zero-order valence-corrected chi connectivity index (χ0v) is 24.7. The number of carbonyl (C=O) groups is 1. The van der Waals surface area contributed by atoms with Gasteiger partial charge < -0.3 is 9.69 Å². The van der Waals surface area contributed by atoms with Crippen LogP contribution in [-0.2, 0) is 4.79 Å². The van der Waals surface area contributed by atoms with E-state index in [4.69, 9.17) is 0 Å². The summed E-state index contributed by atoms with van der Waals surface area (Å²) in [7, 11) is 2.26. The molecule has 0 spiro atoms. The van der Waals surface area contributed by atoms with E-state index in [9.17, 15) is 4.79 Å². The van der Waals surface area contributed by atoms with E-state index in [1.165, 1.54) is 116 Å². The van der Waals surface area contributed by atoms with E-state index in [1.54, 1.807) is 0 Å². The fourth-order valence-corrected chi connectivity index (χ4v) is 4.70. The molecule has 1 unspecified atom stereocenters. The van der Waals surface area contributed by atoms with E-state index in [-0.39, 0.29) is 0 Å². The third-order valence-corrected chi connectivity index (χ3v) is 7.40. The minimum absolute atomic E-state index is 0.748. The van der Waals surface area contributed by atoms with Crippen molar-refractivity contribution < 1.29 is 4.79 Å². The Labute approximate surface area is 227 Å². The van der Waals surface area contributed by atoms with Gasteiger partial charge in [0, 0.05) is 6.42 Å². The summed E-state index contributed by atoms with van der Waals surface area (Å²) >= 11 is 0. The van der Waals surface area contributed by atoms with Crippen molar-refractivity contribution in [2.45, 2.75) is 149 Å². The lowest BCUT2D eigenvalue weighted by molar-refractivity contribution is -0.107. The maximum absolute atomic E-state index is 10.4. The first-order valence-corrected chi connectivity index (χ1v) is 15.8. The molecule has 0 aromatic carbocycles. The Morgan fingerprint density at radius 3 is 1.56 bits per heavy atom. The van der Waals surface area contributed by atoms with E-state index >= 15 is 0 Å². The quantitative estimate of drug-likeness (QED) is 0.0603. The average molecular weight is 502 g/mol. The zero-order valence-electron chi connectivity index (χ0n) is 24.7. The van der Waals surface area contributed by atoms with Crippen LogP contribution >= 0.6 is 0 Å². The fourth-order valence-electron chi connectivity index (χ4n) is 4.70. The SMILES string of the molecule is CCCCC/C=C\C/C=C\C/C=C/CCCCCCC(CCCCCCCCC=O)CCN(C)CC. The van der Waals surface area contributed by atoms with Gasteiger partial charge in [-0.15, -0.1) is 0 Å². The highest BCUT2D eigenvalue weighted by Crippen LogP contribution is 2.22. The van der Waals surface area contributed by atoms with Gasteiger partial charge in [-0.3, -0.25) is 0 Å². The van der Waals surface area contributed by atoms with Gasteiger partial charge in [-0.1, -0.05) is 127 Å². The molecule has 1 atom stereocenters. The molecule has 36 heavy (non-hydrogen) atoms. The predicted octanol–water partition coefficient (Wildman–Crippen LogP) is 10.6. The van der Waals surface area contributed by atoms with Crippen molar-refractivity contribution in [2.75, 3.05) is 20.1 Å². The standard InChI is InChI=1S/C34H63NO/c1-4-6-7-8-9-10-11-12-13-14-15-16-17-18-20-23-26-29-34(31-32-35(3)5-2)30-27-24-21-19-22-25-28-33-36/h9-10,12-13,15-16,33-34H,4-8,11,14,17-32H2,1-3H3/b10-9-,13-12-,16-15+. The highest BCUT2D eigenvalue weighted by atomic mass is 16.1. The smallest absolute Gasteiger partial charge is 0.119 e. The van der Waals surface area contributed by atoms with Crippen molar-refractivity contribution in [3.05, 3.63) is 36.5 Å². The van der Waals surface area contributed by atoms with Gasteiger partial charge in [-0.25, -0.2) is 0 Å². The van der Waals surface area contributed by atoms with Gasteiger partial charge in [-0.05, 0) is 77.4 Å². The van der Waals surface area contributed by atoms with E-state index in [2.05, 4.69) is 62.3 Å². The second kappa shape index (κ2) is 30.1. The minimum Gasteiger partial charge on any atom is -0.307 e. The number of rotatable bonds is 28. The van der Waals surface area contributed by atoms with Crippen LogP contribution in [0.1, 0.15) is 149 Å². The average Bonchev–Trinajstić information content (AvgIpc) is 2.89. The van der Waals surface area contributed by atoms with Crippen LogP contribution < -0.4 is 0 Å². The fraction of sp³-hybridized carbons (Fsp3) is 0.794. The minimum atomic E-state index is 0.748. The first-order valence-electron chi connectivity index (χ1n) is 15.8. The molecule has 0 aromatic rings. The van der Waals surface area contributed by atoms with Gasteiger partial charge in [-0.2, -0.15) is 0 Å². The first-order chi connectivity index (χ1) is 17.7. The van der Waals surface area contributed by atoms with Crippen molar-refractivity contribution in [3.8, 4) is 0 Å². The van der Waals surface area contributed by atoms with Crippen LogP contribution in [0.15, 0.2) is 36.5 Å². The van der Waals surface area contributed by atoms with Crippen LogP contribution in [0.25, 0.3) is 0 Å². The van der Waals surface area contributed by atoms with Crippen LogP contribution in [0.4, 0.5) is 0 Å². The molecule has 0 aliphatic heterocycles. The van der Waals surface area contributed by atoms with E-state index in [1.807, 2.05) is 0 Å². The molecule has 0 heterocycles. The van der Waals surface area contributed by atoms with Gasteiger partial charge >= 0.3 is 0 Å². The number of unbranched alkanes of at least 4 members (excludes halogenated alkanes) is 13. The molecule has 0 amide bonds. The Morgan fingerprint density at radius 1 is 0.556 bits per heavy atom. The zero-order chi connectivity index (χ0) is 26.4. The molecule has 0 fully saturated rings. The van der Waals surface area contributed by atoms with Crippen molar-refractivity contribution in [1.29, 1.82) is 0 Å². The Hall–Kier alpha value is -1.15. The monoisotopic (exact) mass is 501 g/mol. The number of carbonyl (C=O) groups excluding carboxylic acids is 1. The maximum atomic E-state index is 10.4. The van der Waals surface area contributed by atoms with Crippen LogP contribution in [0.3, 0.4) is 0 Å². The summed E-state index contributed by atoms with van der Waals surface area (Å²) in [5.74, 6) is 0.909. The summed E-state index contributed by atoms with van der Waals surface area (Å²) in [6.45, 7) is 6.93. The molecule has 0 aliphatic rings. The summed E-state index contributed by atoms with van der Waals surface area (Å²) in [5.41, 5.74) is 0. The molecule has 2 nitrogen and oxygen atoms in total. The molecule has 0 bridgehead atoms. The van der Waals surface area contributed by atoms with Crippen LogP contribution in [-0.4, -0.2) is 31.3 Å². The topological polar surface area (TPSA) is 20.3 Å². The lowest BCUT2D eigenvalue weighted by Gasteiger charge is -2.21. The number of hydrogen-bond acceptors (Lipinski definition) is 2. The Balaban J connectivity index is 3.80. The lowest BCUT2D eigenvalue weighted by atomic mass is 9.91. The molecular formula is C34H63NO. The third kappa shape index (κ3) is 27.4. The molecular weight excluding hydrogens is 438 g/mol. The summed E-state index contributed by atoms with van der Waals surface area (Å²) in [5, 5.41) is 0. The summed E-state index contributed by atoms with van der Waals surface area (Å²) in [4.78, 5) is 12.9. The lowest BCUT2D eigenvalue weighted by Crippen LogP contribution is -2.21. The molecule has 2 heteroatoms. The largest absolute Gasteiger partial charge is 0.307 e. The van der Waals surface area contributed by atoms with Crippen molar-refractivity contribution in [2.24, 2.45) is 5.92 Å². The molecule has 0 aromatic heterocycles. The third-order valence-electron chi connectivity index (χ3n) is 7.40. The highest BCUT2D eigenvalue weighted by Gasteiger charge is 2.10. The van der Waals surface area contributed by atoms with Crippen molar-refractivity contribution in [3.63, 3.8) is 0 Å². The van der Waals surface area contributed by atoms with Crippen molar-refractivity contribution >= 4 is 6.29 Å². The maximum Gasteiger partial charge on any atom is 0.119 e. The molecule has 0 saturated heterocycles. The summed E-state index contributed by atoms with van der Waals surface area (Å²) in [6.07, 6.45) is 41.9. The van der Waals surface area contributed by atoms with E-state index in [0.29, 0.717) is 0 Å². The molecule has 210 valence electrons. The van der Waals surface area contributed by atoms with Crippen LogP contribution in [0, 0.1) is 5.92 Å². The Morgan fingerprint density at radius 2 is 1.03 bits per heavy atom. The summed E-state index contributed by atoms with van der Waals surface area (Å²) < 4.78 is 0. The first kappa shape index (κ1) is 34.9. The molecule has 0 N–H and O–H groups in total. The highest BCUT2D eigenvalue weighted by molar-refractivity contribution is 5.48. The number of allylic oxidation sites excluding steroid dienone is 6. The normalized spacial score (nSPS) is 13.1. The van der Waals surface area contributed by atoms with Crippen molar-refractivity contribution in [1.82, 2.24) is 4.90 Å². The molecule has 0 saturated carbocycles. The van der Waals surface area contributed by atoms with E-state index < -0.39 is 0 Å². The summed E-state index contributed by atoms with van der Waals surface area (Å²) in [6, 6.07) is 0. The molecule has 0 rings (SSSR count). The van der Waals surface area contributed by atoms with E-state index in [0.717, 1.165) is 44.4 Å². The van der Waals surface area contributed by atoms with Crippen LogP contribution in [0.5, 0.6) is 0 Å². The Kier molecular flexibility index (Phi) is 29.1. The van der Waals surface area contributed by atoms with Gasteiger partial charge in [0.15, 0.2) is 0 Å².